The molecule has 1 aliphatic rings. The predicted octanol–water partition coefficient (Wildman–Crippen LogP) is 1.44. The Morgan fingerprint density at radius 2 is 1.96 bits per heavy atom. The van der Waals surface area contributed by atoms with Gasteiger partial charge in [0.25, 0.3) is 11.3 Å². The highest BCUT2D eigenvalue weighted by Crippen LogP contribution is 2.49. The number of hydrogen-bond donors (Lipinski definition) is 2. The molecule has 0 unspecified atom stereocenters. The summed E-state index contributed by atoms with van der Waals surface area (Å²) < 4.78 is 3.32. The first-order valence-electron chi connectivity index (χ1n) is 9.05. The Morgan fingerprint density at radius 3 is 2.54 bits per heavy atom. The number of amides is 1. The van der Waals surface area contributed by atoms with E-state index in [0.717, 1.165) is 24.1 Å². The van der Waals surface area contributed by atoms with Gasteiger partial charge >= 0.3 is 0 Å². The molecule has 8 heteroatoms. The van der Waals surface area contributed by atoms with Gasteiger partial charge in [0.05, 0.1) is 18.4 Å². The van der Waals surface area contributed by atoms with Gasteiger partial charge in [0.1, 0.15) is 0 Å². The number of carbonyl (C=O) groups is 1. The van der Waals surface area contributed by atoms with Crippen LogP contribution in [0.15, 0.2) is 47.5 Å². The lowest BCUT2D eigenvalue weighted by Crippen LogP contribution is -2.30. The molecule has 2 aromatic heterocycles. The quantitative estimate of drug-likeness (QED) is 0.698. The van der Waals surface area contributed by atoms with Crippen LogP contribution in [0.25, 0.3) is 11.3 Å². The third-order valence-corrected chi connectivity index (χ3v) is 5.32. The van der Waals surface area contributed by atoms with E-state index in [1.807, 2.05) is 17.8 Å². The fraction of sp³-hybridized carbons (Fsp3) is 0.300. The van der Waals surface area contributed by atoms with E-state index in [9.17, 15) is 14.7 Å². The first kappa shape index (κ1) is 18.0. The normalized spacial score (nSPS) is 14.6. The molecule has 8 nitrogen and oxygen atoms in total. The molecule has 0 aliphatic heterocycles. The molecule has 1 aliphatic carbocycles. The maximum Gasteiger partial charge on any atom is 0.275 e. The lowest BCUT2D eigenvalue weighted by Gasteiger charge is -2.18. The van der Waals surface area contributed by atoms with Crippen molar-refractivity contribution >= 4 is 5.91 Å². The minimum Gasteiger partial charge on any atom is -0.503 e. The fourth-order valence-corrected chi connectivity index (χ4v) is 3.52. The Hall–Kier alpha value is -3.42. The molecule has 1 fully saturated rings. The monoisotopic (exact) mass is 379 g/mol. The molecule has 0 spiro atoms. The number of nitrogens with one attached hydrogen (secondary N) is 1. The number of benzene rings is 1. The Labute approximate surface area is 161 Å². The van der Waals surface area contributed by atoms with Crippen molar-refractivity contribution in [2.45, 2.75) is 24.8 Å². The van der Waals surface area contributed by atoms with Crippen molar-refractivity contribution in [3.05, 3.63) is 64.2 Å². The Bertz CT molecular complexity index is 1090. The number of aromatic hydroxyl groups is 1. The average Bonchev–Trinajstić information content (AvgIpc) is 3.35. The zero-order chi connectivity index (χ0) is 19.9. The molecular weight excluding hydrogens is 358 g/mol. The number of hydrogen-bond acceptors (Lipinski definition) is 5. The molecule has 0 radical (unpaired) electrons. The van der Waals surface area contributed by atoms with Gasteiger partial charge in [-0.1, -0.05) is 24.3 Å². The summed E-state index contributed by atoms with van der Waals surface area (Å²) in [5.41, 5.74) is 2.12. The van der Waals surface area contributed by atoms with Crippen LogP contribution in [-0.2, 0) is 19.0 Å². The summed E-state index contributed by atoms with van der Waals surface area (Å²) in [7, 11) is 3.33. The highest BCUT2D eigenvalue weighted by Gasteiger charge is 2.44. The third kappa shape index (κ3) is 3.06. The van der Waals surface area contributed by atoms with Crippen LogP contribution in [0, 0.1) is 0 Å². The van der Waals surface area contributed by atoms with Crippen LogP contribution in [0.2, 0.25) is 0 Å². The molecule has 0 atom stereocenters. The van der Waals surface area contributed by atoms with E-state index in [2.05, 4.69) is 39.8 Å². The largest absolute Gasteiger partial charge is 0.503 e. The van der Waals surface area contributed by atoms with Crippen LogP contribution < -0.4 is 10.7 Å². The number of aromatic nitrogens is 4. The summed E-state index contributed by atoms with van der Waals surface area (Å²) in [6.07, 6.45) is 5.01. The van der Waals surface area contributed by atoms with Crippen LogP contribution in [0.3, 0.4) is 0 Å². The fourth-order valence-electron chi connectivity index (χ4n) is 3.52. The van der Waals surface area contributed by atoms with Gasteiger partial charge < -0.3 is 10.4 Å². The molecule has 2 N–H and O–H groups in total. The molecule has 2 heterocycles. The Morgan fingerprint density at radius 1 is 1.25 bits per heavy atom. The first-order chi connectivity index (χ1) is 13.4. The second-order valence-electron chi connectivity index (χ2n) is 7.17. The Kier molecular flexibility index (Phi) is 4.26. The zero-order valence-corrected chi connectivity index (χ0v) is 15.7. The van der Waals surface area contributed by atoms with Crippen molar-refractivity contribution in [2.24, 2.45) is 7.05 Å². The topological polar surface area (TPSA) is 102 Å². The van der Waals surface area contributed by atoms with Crippen LogP contribution in [0.1, 0.15) is 28.9 Å². The van der Waals surface area contributed by atoms with E-state index >= 15 is 0 Å². The molecule has 1 amide bonds. The van der Waals surface area contributed by atoms with E-state index in [1.54, 1.807) is 6.20 Å². The first-order valence-corrected chi connectivity index (χ1v) is 9.05. The van der Waals surface area contributed by atoms with Crippen LogP contribution in [0.5, 0.6) is 5.75 Å². The molecule has 3 aromatic rings. The number of carbonyl (C=O) groups excluding carboxylic acids is 1. The molecule has 28 heavy (non-hydrogen) atoms. The van der Waals surface area contributed by atoms with E-state index in [1.165, 1.54) is 23.5 Å². The summed E-state index contributed by atoms with van der Waals surface area (Å²) in [4.78, 5) is 23.8. The maximum absolute atomic E-state index is 12.0. The summed E-state index contributed by atoms with van der Waals surface area (Å²) in [5.74, 6) is -1.09. The smallest absolute Gasteiger partial charge is 0.275 e. The van der Waals surface area contributed by atoms with Crippen LogP contribution >= 0.6 is 0 Å². The highest BCUT2D eigenvalue weighted by molar-refractivity contribution is 5.92. The summed E-state index contributed by atoms with van der Waals surface area (Å²) in [5, 5.41) is 20.6. The number of nitrogens with zero attached hydrogens (tertiary/aromatic N) is 4. The minimum absolute atomic E-state index is 0.112. The van der Waals surface area contributed by atoms with E-state index in [-0.39, 0.29) is 11.1 Å². The molecule has 1 saturated carbocycles. The van der Waals surface area contributed by atoms with E-state index < -0.39 is 17.1 Å². The van der Waals surface area contributed by atoms with Crippen molar-refractivity contribution in [1.82, 2.24) is 24.9 Å². The lowest BCUT2D eigenvalue weighted by molar-refractivity contribution is 0.0953. The van der Waals surface area contributed by atoms with Gasteiger partial charge in [0.15, 0.2) is 11.4 Å². The van der Waals surface area contributed by atoms with Crippen LogP contribution in [0.4, 0.5) is 0 Å². The summed E-state index contributed by atoms with van der Waals surface area (Å²) >= 11 is 0. The molecular formula is C20H21N5O3. The molecule has 144 valence electrons. The van der Waals surface area contributed by atoms with Gasteiger partial charge in [-0.25, -0.2) is 0 Å². The van der Waals surface area contributed by atoms with Gasteiger partial charge in [0, 0.05) is 25.7 Å². The third-order valence-electron chi connectivity index (χ3n) is 5.32. The van der Waals surface area contributed by atoms with E-state index in [0.29, 0.717) is 6.54 Å². The van der Waals surface area contributed by atoms with Crippen molar-refractivity contribution in [1.29, 1.82) is 0 Å². The van der Waals surface area contributed by atoms with Gasteiger partial charge in [-0.05, 0) is 30.0 Å². The van der Waals surface area contributed by atoms with Gasteiger partial charge in [-0.15, -0.1) is 0 Å². The highest BCUT2D eigenvalue weighted by atomic mass is 16.3. The average molecular weight is 379 g/mol. The lowest BCUT2D eigenvalue weighted by atomic mass is 9.94. The molecule has 0 saturated heterocycles. The van der Waals surface area contributed by atoms with Crippen LogP contribution in [-0.4, -0.2) is 37.6 Å². The predicted molar refractivity (Wildman–Crippen MR) is 103 cm³/mol. The van der Waals surface area contributed by atoms with Gasteiger partial charge in [-0.2, -0.15) is 10.2 Å². The van der Waals surface area contributed by atoms with Crippen molar-refractivity contribution < 1.29 is 9.90 Å². The molecule has 1 aromatic carbocycles. The standard InChI is InChI=1S/C20H21N5O3/c1-21-19(28)17-18(27)16(26)11-25(23-17)12-20(8-9-20)14-5-3-13(4-6-14)15-7-10-22-24(15)2/h3-7,10-11,26H,8-9,12H2,1-2H3,(H,21,28). The minimum atomic E-state index is -0.763. The Balaban J connectivity index is 1.62. The zero-order valence-electron chi connectivity index (χ0n) is 15.7. The van der Waals surface area contributed by atoms with Gasteiger partial charge in [-0.3, -0.25) is 19.0 Å². The second-order valence-corrected chi connectivity index (χ2v) is 7.17. The molecule has 4 rings (SSSR count). The summed E-state index contributed by atoms with van der Waals surface area (Å²) in [6, 6.07) is 10.3. The van der Waals surface area contributed by atoms with E-state index in [4.69, 9.17) is 0 Å². The molecule has 0 bridgehead atoms. The number of rotatable bonds is 5. The van der Waals surface area contributed by atoms with Gasteiger partial charge in [0.2, 0.25) is 0 Å². The maximum atomic E-state index is 12.0. The SMILES string of the molecule is CNC(=O)c1nn(CC2(c3ccc(-c4ccnn4C)cc3)CC2)cc(O)c1=O. The number of aryl methyl sites for hydroxylation is 1. The summed E-state index contributed by atoms with van der Waals surface area (Å²) in [6.45, 7) is 0.482. The second kappa shape index (κ2) is 6.63. The van der Waals surface area contributed by atoms with Crippen molar-refractivity contribution in [3.63, 3.8) is 0 Å². The van der Waals surface area contributed by atoms with Crippen molar-refractivity contribution in [2.75, 3.05) is 7.05 Å². The van der Waals surface area contributed by atoms with Crippen molar-refractivity contribution in [3.8, 4) is 17.0 Å².